The van der Waals surface area contributed by atoms with Crippen LogP contribution in [0.5, 0.6) is 0 Å². The summed E-state index contributed by atoms with van der Waals surface area (Å²) >= 11 is 0. The number of epoxide rings is 1. The third-order valence-electron chi connectivity index (χ3n) is 5.89. The number of hydrogen-bond donors (Lipinski definition) is 1. The molecular formula is C22H30O8. The molecule has 0 bridgehead atoms. The Balaban J connectivity index is 1.79. The number of aliphatic hydroxyl groups excluding tert-OH is 1. The second kappa shape index (κ2) is 8.89. The molecule has 5 atom stereocenters. The highest BCUT2D eigenvalue weighted by Crippen LogP contribution is 2.47. The van der Waals surface area contributed by atoms with E-state index in [0.29, 0.717) is 18.4 Å². The van der Waals surface area contributed by atoms with E-state index in [0.717, 1.165) is 5.57 Å². The van der Waals surface area contributed by atoms with Crippen molar-refractivity contribution >= 4 is 17.9 Å². The fraction of sp³-hybridized carbons (Fsp3) is 0.682. The summed E-state index contributed by atoms with van der Waals surface area (Å²) in [5, 5.41) is 11.0. The van der Waals surface area contributed by atoms with Crippen molar-refractivity contribution in [2.75, 3.05) is 13.2 Å². The molecule has 166 valence electrons. The smallest absolute Gasteiger partial charge is 0.334 e. The molecule has 0 spiro atoms. The molecule has 30 heavy (non-hydrogen) atoms. The third-order valence-corrected chi connectivity index (χ3v) is 5.89. The topological polar surface area (TPSA) is 112 Å². The summed E-state index contributed by atoms with van der Waals surface area (Å²) in [5.41, 5.74) is 0.0830. The van der Waals surface area contributed by atoms with E-state index in [4.69, 9.17) is 18.9 Å². The van der Waals surface area contributed by atoms with Gasteiger partial charge in [-0.15, -0.1) is 0 Å². The minimum atomic E-state index is -1.02. The van der Waals surface area contributed by atoms with Crippen LogP contribution in [0.25, 0.3) is 0 Å². The van der Waals surface area contributed by atoms with Crippen LogP contribution >= 0.6 is 0 Å². The van der Waals surface area contributed by atoms with Crippen LogP contribution in [0.2, 0.25) is 0 Å². The second-order valence-electron chi connectivity index (χ2n) is 8.73. The maximum absolute atomic E-state index is 12.1. The summed E-state index contributed by atoms with van der Waals surface area (Å²) in [4.78, 5) is 35.3. The molecule has 2 saturated heterocycles. The maximum Gasteiger partial charge on any atom is 0.334 e. The largest absolute Gasteiger partial charge is 0.462 e. The lowest BCUT2D eigenvalue weighted by Gasteiger charge is -2.26. The van der Waals surface area contributed by atoms with Crippen molar-refractivity contribution in [2.45, 2.75) is 70.4 Å². The van der Waals surface area contributed by atoms with Crippen molar-refractivity contribution in [1.29, 1.82) is 0 Å². The van der Waals surface area contributed by atoms with Gasteiger partial charge in [0.05, 0.1) is 12.2 Å². The Bertz CT molecular complexity index is 754. The van der Waals surface area contributed by atoms with Gasteiger partial charge in [0.15, 0.2) is 5.60 Å². The predicted octanol–water partition coefficient (Wildman–Crippen LogP) is 1.85. The van der Waals surface area contributed by atoms with E-state index in [2.05, 4.69) is 6.58 Å². The zero-order valence-corrected chi connectivity index (χ0v) is 17.7. The Morgan fingerprint density at radius 1 is 1.37 bits per heavy atom. The number of carbonyl (C=O) groups is 3. The summed E-state index contributed by atoms with van der Waals surface area (Å²) in [6.07, 6.45) is 1.43. The van der Waals surface area contributed by atoms with Crippen LogP contribution in [-0.4, -0.2) is 60.1 Å². The Labute approximate surface area is 176 Å². The SMILES string of the molecule is C=C1C(=O)O[C@H]2C/C(COC(C)=O)=C\C[C@@H]3O[C@]3(COC(=O)CC(C)C)[C@H](O)C[C@@H]12. The molecule has 0 unspecified atom stereocenters. The van der Waals surface area contributed by atoms with Gasteiger partial charge in [0.25, 0.3) is 0 Å². The molecule has 8 nitrogen and oxygen atoms in total. The monoisotopic (exact) mass is 422 g/mol. The highest BCUT2D eigenvalue weighted by atomic mass is 16.7. The van der Waals surface area contributed by atoms with Gasteiger partial charge in [-0.25, -0.2) is 4.79 Å². The van der Waals surface area contributed by atoms with Crippen molar-refractivity contribution in [3.05, 3.63) is 23.8 Å². The van der Waals surface area contributed by atoms with Gasteiger partial charge in [-0.3, -0.25) is 9.59 Å². The summed E-state index contributed by atoms with van der Waals surface area (Å²) in [6, 6.07) is 0. The van der Waals surface area contributed by atoms with Gasteiger partial charge in [-0.05, 0) is 24.3 Å². The lowest BCUT2D eigenvalue weighted by atomic mass is 9.82. The van der Waals surface area contributed by atoms with E-state index < -0.39 is 35.7 Å². The molecule has 8 heteroatoms. The van der Waals surface area contributed by atoms with Crippen LogP contribution in [0.15, 0.2) is 23.8 Å². The average molecular weight is 422 g/mol. The molecule has 3 aliphatic rings. The molecule has 0 amide bonds. The molecule has 0 radical (unpaired) electrons. The van der Waals surface area contributed by atoms with E-state index in [-0.39, 0.29) is 44.0 Å². The van der Waals surface area contributed by atoms with Gasteiger partial charge < -0.3 is 24.1 Å². The summed E-state index contributed by atoms with van der Waals surface area (Å²) in [7, 11) is 0. The normalized spacial score (nSPS) is 34.9. The molecule has 2 heterocycles. The Morgan fingerprint density at radius 3 is 2.77 bits per heavy atom. The van der Waals surface area contributed by atoms with Gasteiger partial charge in [0.1, 0.15) is 19.3 Å². The quantitative estimate of drug-likeness (QED) is 0.227. The summed E-state index contributed by atoms with van der Waals surface area (Å²) in [6.45, 7) is 9.04. The summed E-state index contributed by atoms with van der Waals surface area (Å²) in [5.74, 6) is -1.47. The molecule has 1 N–H and O–H groups in total. The standard InChI is InChI=1S/C22H30O8/c1-12(2)7-20(25)28-11-22-18(24)9-16-13(3)21(26)29-17(16)8-15(10-27-14(4)23)5-6-19(22)30-22/h5,12,16-19,24H,3,6-11H2,1-2,4H3/b15-5+/t16-,17-,18+,19-,22+/m0/s1. The maximum atomic E-state index is 12.1. The first-order valence-corrected chi connectivity index (χ1v) is 10.3. The molecule has 0 saturated carbocycles. The van der Waals surface area contributed by atoms with Gasteiger partial charge in [0, 0.05) is 31.3 Å². The van der Waals surface area contributed by atoms with E-state index in [1.807, 2.05) is 19.9 Å². The first kappa shape index (κ1) is 22.5. The van der Waals surface area contributed by atoms with Crippen molar-refractivity contribution in [3.8, 4) is 0 Å². The molecule has 1 aliphatic carbocycles. The van der Waals surface area contributed by atoms with Crippen LogP contribution in [0.1, 0.15) is 46.5 Å². The van der Waals surface area contributed by atoms with Crippen LogP contribution in [0.4, 0.5) is 0 Å². The lowest BCUT2D eigenvalue weighted by Crippen LogP contribution is -2.40. The fourth-order valence-corrected chi connectivity index (χ4v) is 4.10. The van der Waals surface area contributed by atoms with E-state index in [9.17, 15) is 19.5 Å². The zero-order chi connectivity index (χ0) is 22.1. The fourth-order valence-electron chi connectivity index (χ4n) is 4.10. The van der Waals surface area contributed by atoms with Crippen molar-refractivity contribution in [3.63, 3.8) is 0 Å². The Hall–Kier alpha value is -2.19. The number of carbonyl (C=O) groups excluding carboxylic acids is 3. The highest BCUT2D eigenvalue weighted by molar-refractivity contribution is 5.90. The number of fused-ring (bicyclic) bond motifs is 2. The number of esters is 3. The van der Waals surface area contributed by atoms with Gasteiger partial charge in [-0.1, -0.05) is 26.5 Å². The van der Waals surface area contributed by atoms with Crippen molar-refractivity contribution in [2.24, 2.45) is 11.8 Å². The van der Waals surface area contributed by atoms with Gasteiger partial charge in [0.2, 0.25) is 0 Å². The predicted molar refractivity (Wildman–Crippen MR) is 105 cm³/mol. The molecule has 2 aliphatic heterocycles. The van der Waals surface area contributed by atoms with E-state index >= 15 is 0 Å². The molecule has 0 aromatic heterocycles. The van der Waals surface area contributed by atoms with E-state index in [1.165, 1.54) is 6.92 Å². The Morgan fingerprint density at radius 2 is 2.10 bits per heavy atom. The van der Waals surface area contributed by atoms with Gasteiger partial charge in [-0.2, -0.15) is 0 Å². The number of aliphatic hydroxyl groups is 1. The van der Waals surface area contributed by atoms with Crippen LogP contribution in [0.3, 0.4) is 0 Å². The second-order valence-corrected chi connectivity index (χ2v) is 8.73. The first-order valence-electron chi connectivity index (χ1n) is 10.3. The Kier molecular flexibility index (Phi) is 6.67. The zero-order valence-electron chi connectivity index (χ0n) is 17.7. The first-order chi connectivity index (χ1) is 14.1. The van der Waals surface area contributed by atoms with Crippen molar-refractivity contribution < 1.29 is 38.4 Å². The van der Waals surface area contributed by atoms with Crippen molar-refractivity contribution in [1.82, 2.24) is 0 Å². The third kappa shape index (κ3) is 4.92. The van der Waals surface area contributed by atoms with Crippen LogP contribution in [0, 0.1) is 11.8 Å². The summed E-state index contributed by atoms with van der Waals surface area (Å²) < 4.78 is 21.9. The molecule has 0 aromatic rings. The molecule has 2 fully saturated rings. The average Bonchev–Trinajstić information content (AvgIpc) is 3.32. The highest BCUT2D eigenvalue weighted by Gasteiger charge is 2.62. The number of hydrogen-bond acceptors (Lipinski definition) is 8. The molecule has 0 aromatic carbocycles. The molecule has 3 rings (SSSR count). The minimum absolute atomic E-state index is 0.0594. The van der Waals surface area contributed by atoms with Crippen LogP contribution in [-0.2, 0) is 33.3 Å². The minimum Gasteiger partial charge on any atom is -0.462 e. The number of ether oxygens (including phenoxy) is 4. The van der Waals surface area contributed by atoms with Gasteiger partial charge >= 0.3 is 17.9 Å². The van der Waals surface area contributed by atoms with E-state index in [1.54, 1.807) is 0 Å². The molecular weight excluding hydrogens is 392 g/mol. The lowest BCUT2D eigenvalue weighted by molar-refractivity contribution is -0.148. The van der Waals surface area contributed by atoms with Crippen LogP contribution < -0.4 is 0 Å². The number of rotatable bonds is 6.